The third-order valence-electron chi connectivity index (χ3n) is 0.434. The van der Waals surface area contributed by atoms with E-state index >= 15 is 0 Å². The summed E-state index contributed by atoms with van der Waals surface area (Å²) < 4.78 is 0. The first-order valence-electron chi connectivity index (χ1n) is 1.55. The number of diazo groups is 1. The van der Waals surface area contributed by atoms with Gasteiger partial charge in [0.2, 0.25) is 0 Å². The van der Waals surface area contributed by atoms with Crippen molar-refractivity contribution < 1.29 is 0 Å². The van der Waals surface area contributed by atoms with E-state index in [1.165, 1.54) is 16.8 Å². The van der Waals surface area contributed by atoms with Gasteiger partial charge in [-0.25, -0.2) is 0 Å². The van der Waals surface area contributed by atoms with Crippen molar-refractivity contribution in [2.24, 2.45) is 0 Å². The molecule has 1 aromatic rings. The molecule has 0 bridgehead atoms. The first kappa shape index (κ1) is 4.15. The minimum Gasteiger partial charge on any atom is -0.0310 e. The molecule has 0 aliphatic heterocycles. The Labute approximate surface area is 43.4 Å². The third kappa shape index (κ3) is 0.694. The van der Waals surface area contributed by atoms with E-state index in [1.807, 2.05) is 0 Å². The van der Waals surface area contributed by atoms with Crippen LogP contribution in [0.25, 0.3) is 4.98 Å². The highest BCUT2D eigenvalue weighted by Gasteiger charge is 2.04. The van der Waals surface area contributed by atoms with Crippen molar-refractivity contribution in [2.75, 3.05) is 0 Å². The van der Waals surface area contributed by atoms with Crippen molar-refractivity contribution >= 4 is 16.5 Å². The van der Waals surface area contributed by atoms with E-state index in [2.05, 4.69) is 15.2 Å². The molecule has 4 nitrogen and oxygen atoms in total. The van der Waals surface area contributed by atoms with Crippen molar-refractivity contribution in [1.29, 1.82) is 5.39 Å². The van der Waals surface area contributed by atoms with Gasteiger partial charge >= 0.3 is 5.13 Å². The SMILES string of the molecule is N#[N+]c1nncs1. The number of rotatable bonds is 0. The maximum atomic E-state index is 7.96. The Morgan fingerprint density at radius 1 is 1.86 bits per heavy atom. The normalized spacial score (nSPS) is 7.86. The van der Waals surface area contributed by atoms with Gasteiger partial charge in [-0.05, 0) is 16.4 Å². The smallest absolute Gasteiger partial charge is 0.0310 e. The highest BCUT2D eigenvalue weighted by Crippen LogP contribution is 2.10. The average Bonchev–Trinajstić information content (AvgIpc) is 2.14. The molecule has 0 aromatic carbocycles. The van der Waals surface area contributed by atoms with E-state index < -0.39 is 0 Å². The predicted octanol–water partition coefficient (Wildman–Crippen LogP) is 1.02. The summed E-state index contributed by atoms with van der Waals surface area (Å²) >= 11 is 1.18. The number of hydrogen-bond acceptors (Lipinski definition) is 4. The number of hydrogen-bond donors (Lipinski definition) is 0. The Kier molecular flexibility index (Phi) is 0.959. The van der Waals surface area contributed by atoms with E-state index in [9.17, 15) is 0 Å². The molecule has 0 spiro atoms. The molecule has 0 fully saturated rings. The Morgan fingerprint density at radius 3 is 3.00 bits per heavy atom. The zero-order valence-corrected chi connectivity index (χ0v) is 4.09. The van der Waals surface area contributed by atoms with Crippen molar-refractivity contribution in [2.45, 2.75) is 0 Å². The fourth-order valence-corrected chi connectivity index (χ4v) is 0.541. The molecule has 5 heteroatoms. The molecule has 1 rings (SSSR count). The van der Waals surface area contributed by atoms with Crippen LogP contribution in [0.15, 0.2) is 5.51 Å². The Morgan fingerprint density at radius 2 is 2.71 bits per heavy atom. The van der Waals surface area contributed by atoms with Crippen molar-refractivity contribution in [3.8, 4) is 0 Å². The second kappa shape index (κ2) is 1.62. The summed E-state index contributed by atoms with van der Waals surface area (Å²) in [7, 11) is 0. The predicted molar refractivity (Wildman–Crippen MR) is 24.7 cm³/mol. The molecule has 0 aliphatic rings. The lowest BCUT2D eigenvalue weighted by Gasteiger charge is -1.41. The van der Waals surface area contributed by atoms with Crippen LogP contribution in [0, 0.1) is 5.39 Å². The summed E-state index contributed by atoms with van der Waals surface area (Å²) in [6.07, 6.45) is 0. The molecule has 1 heterocycles. The van der Waals surface area contributed by atoms with Gasteiger partial charge in [-0.3, -0.25) is 0 Å². The highest BCUT2D eigenvalue weighted by atomic mass is 32.1. The molecule has 0 saturated heterocycles. The summed E-state index contributed by atoms with van der Waals surface area (Å²) in [4.78, 5) is 2.78. The van der Waals surface area contributed by atoms with Crippen LogP contribution in [0.2, 0.25) is 0 Å². The maximum Gasteiger partial charge on any atom is 0.548 e. The first-order valence-corrected chi connectivity index (χ1v) is 2.42. The number of nitrogens with zero attached hydrogens (tertiary/aromatic N) is 4. The standard InChI is InChI=1S/C2HN4S/c3-5-2-6-4-1-7-2/h1H/q+1. The van der Waals surface area contributed by atoms with Crippen LogP contribution >= 0.6 is 11.3 Å². The van der Waals surface area contributed by atoms with E-state index in [1.54, 1.807) is 0 Å². The minimum absolute atomic E-state index is 0.292. The van der Waals surface area contributed by atoms with E-state index in [-0.39, 0.29) is 0 Å². The molecule has 0 saturated carbocycles. The van der Waals surface area contributed by atoms with Crippen LogP contribution < -0.4 is 0 Å². The zero-order valence-electron chi connectivity index (χ0n) is 3.27. The summed E-state index contributed by atoms with van der Waals surface area (Å²) in [5.41, 5.74) is 1.50. The third-order valence-corrected chi connectivity index (χ3v) is 1.01. The van der Waals surface area contributed by atoms with Crippen LogP contribution in [-0.4, -0.2) is 10.2 Å². The summed E-state index contributed by atoms with van der Waals surface area (Å²) in [6.45, 7) is 0. The minimum atomic E-state index is 0.292. The van der Waals surface area contributed by atoms with E-state index in [0.717, 1.165) is 0 Å². The molecule has 1 aromatic heterocycles. The van der Waals surface area contributed by atoms with Crippen molar-refractivity contribution in [1.82, 2.24) is 10.2 Å². The second-order valence-corrected chi connectivity index (χ2v) is 1.63. The lowest BCUT2D eigenvalue weighted by molar-refractivity contribution is 1.10. The molecule has 0 aliphatic carbocycles. The van der Waals surface area contributed by atoms with Gasteiger partial charge in [0, 0.05) is 4.98 Å². The zero-order chi connectivity index (χ0) is 5.11. The van der Waals surface area contributed by atoms with Crippen LogP contribution in [0.4, 0.5) is 5.13 Å². The largest absolute Gasteiger partial charge is 0.548 e. The molecule has 0 N–H and O–H groups in total. The van der Waals surface area contributed by atoms with E-state index in [4.69, 9.17) is 5.39 Å². The Hall–Kier alpha value is -1.02. The van der Waals surface area contributed by atoms with Crippen molar-refractivity contribution in [3.63, 3.8) is 0 Å². The summed E-state index contributed by atoms with van der Waals surface area (Å²) in [5, 5.41) is 15.0. The van der Waals surface area contributed by atoms with E-state index in [0.29, 0.717) is 5.13 Å². The van der Waals surface area contributed by atoms with Gasteiger partial charge in [-0.1, -0.05) is 0 Å². The monoisotopic (exact) mass is 113 g/mol. The quantitative estimate of drug-likeness (QED) is 0.472. The molecular formula is C2HN4S+. The average molecular weight is 113 g/mol. The first-order chi connectivity index (χ1) is 3.43. The van der Waals surface area contributed by atoms with Crippen LogP contribution in [0.3, 0.4) is 0 Å². The van der Waals surface area contributed by atoms with Crippen LogP contribution in [-0.2, 0) is 0 Å². The summed E-state index contributed by atoms with van der Waals surface area (Å²) in [5.74, 6) is 0. The second-order valence-electron chi connectivity index (χ2n) is 0.821. The lowest BCUT2D eigenvalue weighted by Crippen LogP contribution is -1.57. The molecule has 34 valence electrons. The number of aromatic nitrogens is 2. The molecule has 0 atom stereocenters. The molecule has 0 unspecified atom stereocenters. The van der Waals surface area contributed by atoms with Crippen molar-refractivity contribution in [3.05, 3.63) is 10.5 Å². The fraction of sp³-hybridized carbons (Fsp3) is 0. The van der Waals surface area contributed by atoms with Gasteiger partial charge in [0.1, 0.15) is 10.6 Å². The van der Waals surface area contributed by atoms with Crippen LogP contribution in [0.1, 0.15) is 0 Å². The molecular weight excluding hydrogens is 112 g/mol. The van der Waals surface area contributed by atoms with Gasteiger partial charge in [0.05, 0.1) is 5.39 Å². The van der Waals surface area contributed by atoms with Gasteiger partial charge in [-0.2, -0.15) is 0 Å². The topological polar surface area (TPSA) is 53.9 Å². The molecule has 0 amide bonds. The Balaban J connectivity index is 3.04. The van der Waals surface area contributed by atoms with Gasteiger partial charge in [0.25, 0.3) is 0 Å². The molecule has 0 radical (unpaired) electrons. The summed E-state index contributed by atoms with van der Waals surface area (Å²) in [6, 6.07) is 0. The fourth-order valence-electron chi connectivity index (χ4n) is 0.211. The Bertz CT molecular complexity index is 172. The lowest BCUT2D eigenvalue weighted by atomic mass is 11.3. The van der Waals surface area contributed by atoms with Crippen LogP contribution in [0.5, 0.6) is 0 Å². The van der Waals surface area contributed by atoms with Gasteiger partial charge in [-0.15, -0.1) is 0 Å². The van der Waals surface area contributed by atoms with Gasteiger partial charge < -0.3 is 0 Å². The van der Waals surface area contributed by atoms with Gasteiger partial charge in [0.15, 0.2) is 0 Å². The molecule has 7 heavy (non-hydrogen) atoms. The maximum absolute atomic E-state index is 7.96. The highest BCUT2D eigenvalue weighted by molar-refractivity contribution is 7.13.